The van der Waals surface area contributed by atoms with E-state index in [0.29, 0.717) is 0 Å². The Labute approximate surface area is 95.8 Å². The average Bonchev–Trinajstić information content (AvgIpc) is 2.24. The minimum atomic E-state index is -0.955. The maximum absolute atomic E-state index is 13.6. The van der Waals surface area contributed by atoms with Gasteiger partial charge in [0.2, 0.25) is 0 Å². The molecular formula is C12H9FO4. The standard InChI is InChI=1S/C12H9FO4/c13-12-9(3-7(15)5-11(12)17)8-2-1-6(14)4-10(8)16/h1-5,14-17H. The summed E-state index contributed by atoms with van der Waals surface area (Å²) in [5, 5.41) is 37.2. The molecule has 0 aromatic heterocycles. The van der Waals surface area contributed by atoms with Crippen LogP contribution in [0.4, 0.5) is 4.39 Å². The van der Waals surface area contributed by atoms with Gasteiger partial charge in [0.1, 0.15) is 17.2 Å². The normalized spacial score (nSPS) is 10.4. The molecule has 0 amide bonds. The minimum Gasteiger partial charge on any atom is -0.508 e. The van der Waals surface area contributed by atoms with E-state index < -0.39 is 11.6 Å². The molecule has 0 heterocycles. The summed E-state index contributed by atoms with van der Waals surface area (Å²) < 4.78 is 13.6. The maximum atomic E-state index is 13.6. The molecule has 0 radical (unpaired) electrons. The monoisotopic (exact) mass is 236 g/mol. The van der Waals surface area contributed by atoms with E-state index >= 15 is 0 Å². The van der Waals surface area contributed by atoms with Gasteiger partial charge in [-0.3, -0.25) is 0 Å². The highest BCUT2D eigenvalue weighted by atomic mass is 19.1. The lowest BCUT2D eigenvalue weighted by Crippen LogP contribution is -1.86. The second-order valence-corrected chi connectivity index (χ2v) is 3.53. The molecule has 0 bridgehead atoms. The molecule has 2 rings (SSSR count). The van der Waals surface area contributed by atoms with Crippen molar-refractivity contribution in [2.24, 2.45) is 0 Å². The molecule has 0 saturated heterocycles. The van der Waals surface area contributed by atoms with E-state index in [-0.39, 0.29) is 28.4 Å². The smallest absolute Gasteiger partial charge is 0.173 e. The van der Waals surface area contributed by atoms with Crippen LogP contribution in [0.25, 0.3) is 11.1 Å². The first kappa shape index (κ1) is 11.1. The fourth-order valence-electron chi connectivity index (χ4n) is 1.54. The Morgan fingerprint density at radius 3 is 2.00 bits per heavy atom. The first-order valence-electron chi connectivity index (χ1n) is 4.73. The maximum Gasteiger partial charge on any atom is 0.173 e. The fraction of sp³-hybridized carbons (Fsp3) is 0. The molecule has 88 valence electrons. The second kappa shape index (κ2) is 3.86. The van der Waals surface area contributed by atoms with Crippen molar-refractivity contribution in [3.05, 3.63) is 36.1 Å². The zero-order valence-corrected chi connectivity index (χ0v) is 8.55. The molecule has 4 nitrogen and oxygen atoms in total. The van der Waals surface area contributed by atoms with E-state index in [0.717, 1.165) is 18.2 Å². The van der Waals surface area contributed by atoms with Crippen molar-refractivity contribution in [2.45, 2.75) is 0 Å². The van der Waals surface area contributed by atoms with E-state index in [1.54, 1.807) is 0 Å². The molecule has 2 aromatic carbocycles. The molecule has 0 aliphatic heterocycles. The third kappa shape index (κ3) is 1.94. The van der Waals surface area contributed by atoms with Gasteiger partial charge in [0.25, 0.3) is 0 Å². The predicted molar refractivity (Wildman–Crippen MR) is 58.5 cm³/mol. The van der Waals surface area contributed by atoms with Crippen LogP contribution in [0.1, 0.15) is 0 Å². The van der Waals surface area contributed by atoms with Crippen LogP contribution < -0.4 is 0 Å². The number of halogens is 1. The number of phenolic OH excluding ortho intramolecular Hbond substituents is 4. The molecule has 0 fully saturated rings. The Morgan fingerprint density at radius 2 is 1.35 bits per heavy atom. The molecule has 0 saturated carbocycles. The molecule has 0 atom stereocenters. The van der Waals surface area contributed by atoms with Crippen LogP contribution in [0.2, 0.25) is 0 Å². The number of phenols is 4. The quantitative estimate of drug-likeness (QED) is 0.612. The summed E-state index contributed by atoms with van der Waals surface area (Å²) in [4.78, 5) is 0. The van der Waals surface area contributed by atoms with Gasteiger partial charge in [-0.1, -0.05) is 0 Å². The molecule has 17 heavy (non-hydrogen) atoms. The minimum absolute atomic E-state index is 0.0616. The summed E-state index contributed by atoms with van der Waals surface area (Å²) in [6.07, 6.45) is 0. The van der Waals surface area contributed by atoms with Gasteiger partial charge < -0.3 is 20.4 Å². The van der Waals surface area contributed by atoms with Crippen molar-refractivity contribution in [2.75, 3.05) is 0 Å². The van der Waals surface area contributed by atoms with Gasteiger partial charge in [0, 0.05) is 23.3 Å². The third-order valence-electron chi connectivity index (χ3n) is 2.31. The highest BCUT2D eigenvalue weighted by Gasteiger charge is 2.15. The van der Waals surface area contributed by atoms with Gasteiger partial charge in [-0.25, -0.2) is 4.39 Å². The first-order chi connectivity index (χ1) is 7.99. The van der Waals surface area contributed by atoms with E-state index in [4.69, 9.17) is 5.11 Å². The number of hydrogen-bond donors (Lipinski definition) is 4. The van der Waals surface area contributed by atoms with Crippen molar-refractivity contribution >= 4 is 0 Å². The molecule has 0 aliphatic carbocycles. The summed E-state index contributed by atoms with van der Waals surface area (Å²) in [5.74, 6) is -2.52. The zero-order chi connectivity index (χ0) is 12.6. The van der Waals surface area contributed by atoms with Crippen molar-refractivity contribution in [3.63, 3.8) is 0 Å². The van der Waals surface area contributed by atoms with Crippen molar-refractivity contribution in [1.29, 1.82) is 0 Å². The molecule has 2 aromatic rings. The Bertz CT molecular complexity index is 581. The van der Waals surface area contributed by atoms with Gasteiger partial charge >= 0.3 is 0 Å². The highest BCUT2D eigenvalue weighted by Crippen LogP contribution is 2.38. The van der Waals surface area contributed by atoms with Crippen LogP contribution in [0.3, 0.4) is 0 Å². The Morgan fingerprint density at radius 1 is 0.706 bits per heavy atom. The molecule has 0 unspecified atom stereocenters. The van der Waals surface area contributed by atoms with Crippen molar-refractivity contribution in [1.82, 2.24) is 0 Å². The van der Waals surface area contributed by atoms with Gasteiger partial charge in [-0.05, 0) is 18.2 Å². The number of aromatic hydroxyl groups is 4. The number of benzene rings is 2. The zero-order valence-electron chi connectivity index (χ0n) is 8.55. The van der Waals surface area contributed by atoms with E-state index in [9.17, 15) is 19.7 Å². The van der Waals surface area contributed by atoms with Crippen LogP contribution in [0, 0.1) is 5.82 Å². The summed E-state index contributed by atoms with van der Waals surface area (Å²) in [7, 11) is 0. The molecule has 4 N–H and O–H groups in total. The van der Waals surface area contributed by atoms with Crippen LogP contribution >= 0.6 is 0 Å². The predicted octanol–water partition coefficient (Wildman–Crippen LogP) is 2.32. The molecule has 5 heteroatoms. The van der Waals surface area contributed by atoms with E-state index in [2.05, 4.69) is 0 Å². The number of hydrogen-bond acceptors (Lipinski definition) is 4. The molecular weight excluding hydrogens is 227 g/mol. The lowest BCUT2D eigenvalue weighted by Gasteiger charge is -2.08. The lowest BCUT2D eigenvalue weighted by atomic mass is 10.0. The summed E-state index contributed by atoms with van der Waals surface area (Å²) in [5.41, 5.74) is -0.0912. The van der Waals surface area contributed by atoms with Gasteiger partial charge in [-0.2, -0.15) is 0 Å². The SMILES string of the molecule is Oc1ccc(-c2cc(O)cc(O)c2F)c(O)c1. The summed E-state index contributed by atoms with van der Waals surface area (Å²) in [6.45, 7) is 0. The van der Waals surface area contributed by atoms with E-state index in [1.807, 2.05) is 0 Å². The largest absolute Gasteiger partial charge is 0.508 e. The second-order valence-electron chi connectivity index (χ2n) is 3.53. The third-order valence-corrected chi connectivity index (χ3v) is 2.31. The van der Waals surface area contributed by atoms with E-state index in [1.165, 1.54) is 12.1 Å². The topological polar surface area (TPSA) is 80.9 Å². The summed E-state index contributed by atoms with van der Waals surface area (Å²) >= 11 is 0. The summed E-state index contributed by atoms with van der Waals surface area (Å²) in [6, 6.07) is 5.50. The Hall–Kier alpha value is -2.43. The van der Waals surface area contributed by atoms with Crippen LogP contribution in [0.5, 0.6) is 23.0 Å². The van der Waals surface area contributed by atoms with Crippen molar-refractivity contribution < 1.29 is 24.8 Å². The Balaban J connectivity index is 2.68. The fourth-order valence-corrected chi connectivity index (χ4v) is 1.54. The lowest BCUT2D eigenvalue weighted by molar-refractivity contribution is 0.420. The van der Waals surface area contributed by atoms with Crippen molar-refractivity contribution in [3.8, 4) is 34.1 Å². The first-order valence-corrected chi connectivity index (χ1v) is 4.73. The Kier molecular flexibility index (Phi) is 2.51. The van der Waals surface area contributed by atoms with Crippen LogP contribution in [0.15, 0.2) is 30.3 Å². The van der Waals surface area contributed by atoms with Gasteiger partial charge in [-0.15, -0.1) is 0 Å². The average molecular weight is 236 g/mol. The molecule has 0 aliphatic rings. The molecule has 0 spiro atoms. The van der Waals surface area contributed by atoms with Crippen LogP contribution in [-0.4, -0.2) is 20.4 Å². The van der Waals surface area contributed by atoms with Gasteiger partial charge in [0.15, 0.2) is 11.6 Å². The van der Waals surface area contributed by atoms with Gasteiger partial charge in [0.05, 0.1) is 0 Å². The number of rotatable bonds is 1. The van der Waals surface area contributed by atoms with Crippen LogP contribution in [-0.2, 0) is 0 Å². The highest BCUT2D eigenvalue weighted by molar-refractivity contribution is 5.74.